The molecule has 17 heavy (non-hydrogen) atoms. The van der Waals surface area contributed by atoms with Crippen LogP contribution in [0.25, 0.3) is 0 Å². The van der Waals surface area contributed by atoms with Crippen LogP contribution in [0.5, 0.6) is 0 Å². The molecule has 0 amide bonds. The number of aromatic amines is 1. The molecule has 2 nitrogen and oxygen atoms in total. The number of aryl methyl sites for hydroxylation is 1. The van der Waals surface area contributed by atoms with Crippen LogP contribution in [0, 0.1) is 11.6 Å². The van der Waals surface area contributed by atoms with Gasteiger partial charge in [0.1, 0.15) is 10.3 Å². The average Bonchev–Trinajstić information content (AvgIpc) is 2.61. The fourth-order valence-corrected chi connectivity index (χ4v) is 1.91. The molecule has 0 aliphatic rings. The minimum atomic E-state index is -2.52. The van der Waals surface area contributed by atoms with E-state index in [0.717, 1.165) is 11.1 Å². The standard InChI is InChI=1S/C12H12F2N2S/c1-8-3-2-4-9(5-8)7-16-11(17)6-10(15-16)12(13)14/h2-6,12,15H,7H2,1H3. The summed E-state index contributed by atoms with van der Waals surface area (Å²) in [5.74, 6) is 0. The number of halogens is 2. The summed E-state index contributed by atoms with van der Waals surface area (Å²) >= 11 is 5.02. The Morgan fingerprint density at radius 2 is 2.12 bits per heavy atom. The highest BCUT2D eigenvalue weighted by molar-refractivity contribution is 7.71. The first-order valence-corrected chi connectivity index (χ1v) is 5.60. The van der Waals surface area contributed by atoms with Crippen LogP contribution in [0.1, 0.15) is 23.2 Å². The number of rotatable bonds is 3. The van der Waals surface area contributed by atoms with Crippen molar-refractivity contribution < 1.29 is 8.78 Å². The van der Waals surface area contributed by atoms with Crippen molar-refractivity contribution in [3.8, 4) is 0 Å². The molecule has 0 spiro atoms. The van der Waals surface area contributed by atoms with Gasteiger partial charge in [0, 0.05) is 6.07 Å². The first-order chi connectivity index (χ1) is 8.06. The van der Waals surface area contributed by atoms with Crippen LogP contribution in [0.4, 0.5) is 8.78 Å². The maximum atomic E-state index is 12.5. The quantitative estimate of drug-likeness (QED) is 0.825. The molecule has 0 saturated heterocycles. The van der Waals surface area contributed by atoms with Crippen molar-refractivity contribution in [2.45, 2.75) is 19.9 Å². The lowest BCUT2D eigenvalue weighted by atomic mass is 10.1. The van der Waals surface area contributed by atoms with Crippen LogP contribution >= 0.6 is 12.2 Å². The van der Waals surface area contributed by atoms with Crippen molar-refractivity contribution in [2.24, 2.45) is 0 Å². The predicted molar refractivity (Wildman–Crippen MR) is 64.9 cm³/mol. The Morgan fingerprint density at radius 1 is 1.35 bits per heavy atom. The van der Waals surface area contributed by atoms with E-state index in [0.29, 0.717) is 11.2 Å². The Balaban J connectivity index is 2.27. The van der Waals surface area contributed by atoms with Crippen LogP contribution in [0.15, 0.2) is 30.3 Å². The molecular formula is C12H12F2N2S. The van der Waals surface area contributed by atoms with Gasteiger partial charge in [-0.3, -0.25) is 9.78 Å². The fraction of sp³-hybridized carbons (Fsp3) is 0.250. The zero-order valence-corrected chi connectivity index (χ0v) is 10.1. The summed E-state index contributed by atoms with van der Waals surface area (Å²) < 4.78 is 26.9. The minimum absolute atomic E-state index is 0.136. The molecule has 5 heteroatoms. The smallest absolute Gasteiger partial charge is 0.279 e. The van der Waals surface area contributed by atoms with Crippen molar-refractivity contribution in [3.63, 3.8) is 0 Å². The first-order valence-electron chi connectivity index (χ1n) is 5.19. The summed E-state index contributed by atoms with van der Waals surface area (Å²) in [6.45, 7) is 2.47. The van der Waals surface area contributed by atoms with Gasteiger partial charge < -0.3 is 0 Å². The van der Waals surface area contributed by atoms with E-state index in [-0.39, 0.29) is 5.69 Å². The van der Waals surface area contributed by atoms with Gasteiger partial charge in [-0.05, 0) is 12.5 Å². The van der Waals surface area contributed by atoms with Crippen LogP contribution in [-0.4, -0.2) is 9.78 Å². The lowest BCUT2D eigenvalue weighted by Crippen LogP contribution is -2.02. The molecule has 0 aliphatic carbocycles. The number of nitrogens with zero attached hydrogens (tertiary/aromatic N) is 1. The van der Waals surface area contributed by atoms with Crippen molar-refractivity contribution in [3.05, 3.63) is 51.8 Å². The summed E-state index contributed by atoms with van der Waals surface area (Å²) in [5, 5.41) is 2.61. The Bertz CT molecular complexity index is 572. The van der Waals surface area contributed by atoms with Crippen LogP contribution in [-0.2, 0) is 6.54 Å². The van der Waals surface area contributed by atoms with Crippen molar-refractivity contribution in [1.82, 2.24) is 9.78 Å². The Labute approximate surface area is 103 Å². The zero-order valence-electron chi connectivity index (χ0n) is 9.28. The van der Waals surface area contributed by atoms with Crippen LogP contribution in [0.2, 0.25) is 0 Å². The molecule has 0 fully saturated rings. The Morgan fingerprint density at radius 3 is 2.71 bits per heavy atom. The number of benzene rings is 1. The highest BCUT2D eigenvalue weighted by Crippen LogP contribution is 2.17. The molecule has 0 saturated carbocycles. The lowest BCUT2D eigenvalue weighted by Gasteiger charge is -2.04. The monoisotopic (exact) mass is 254 g/mol. The summed E-state index contributed by atoms with van der Waals surface area (Å²) in [6, 6.07) is 9.17. The highest BCUT2D eigenvalue weighted by atomic mass is 32.1. The van der Waals surface area contributed by atoms with Gasteiger partial charge in [0.05, 0.1) is 6.54 Å². The Kier molecular flexibility index (Phi) is 3.38. The van der Waals surface area contributed by atoms with Crippen molar-refractivity contribution in [1.29, 1.82) is 0 Å². The number of hydrogen-bond acceptors (Lipinski definition) is 1. The van der Waals surface area contributed by atoms with E-state index >= 15 is 0 Å². The SMILES string of the molecule is Cc1cccc(Cn2[nH]c(C(F)F)cc2=S)c1. The second-order valence-electron chi connectivity index (χ2n) is 3.93. The predicted octanol–water partition coefficient (Wildman–Crippen LogP) is 3.84. The van der Waals surface area contributed by atoms with E-state index in [1.165, 1.54) is 6.07 Å². The topological polar surface area (TPSA) is 20.7 Å². The van der Waals surface area contributed by atoms with Gasteiger partial charge >= 0.3 is 0 Å². The minimum Gasteiger partial charge on any atom is -0.296 e. The second kappa shape index (κ2) is 4.79. The third-order valence-corrected chi connectivity index (χ3v) is 2.81. The summed E-state index contributed by atoms with van der Waals surface area (Å²) in [6.07, 6.45) is -2.52. The number of aromatic nitrogens is 2. The molecule has 1 aromatic heterocycles. The van der Waals surface area contributed by atoms with E-state index in [4.69, 9.17) is 12.2 Å². The molecular weight excluding hydrogens is 242 g/mol. The Hall–Kier alpha value is -1.49. The van der Waals surface area contributed by atoms with E-state index in [2.05, 4.69) is 5.10 Å². The highest BCUT2D eigenvalue weighted by Gasteiger charge is 2.10. The molecule has 0 aliphatic heterocycles. The maximum absolute atomic E-state index is 12.5. The van der Waals surface area contributed by atoms with Crippen molar-refractivity contribution in [2.75, 3.05) is 0 Å². The van der Waals surface area contributed by atoms with E-state index in [1.54, 1.807) is 4.68 Å². The summed E-state index contributed by atoms with van der Waals surface area (Å²) in [5.41, 5.74) is 2.03. The lowest BCUT2D eigenvalue weighted by molar-refractivity contribution is 0.145. The van der Waals surface area contributed by atoms with E-state index in [1.807, 2.05) is 31.2 Å². The van der Waals surface area contributed by atoms with Gasteiger partial charge in [0.25, 0.3) is 6.43 Å². The summed E-state index contributed by atoms with van der Waals surface area (Å²) in [7, 11) is 0. The van der Waals surface area contributed by atoms with Crippen LogP contribution < -0.4 is 0 Å². The summed E-state index contributed by atoms with van der Waals surface area (Å²) in [4.78, 5) is 0. The fourth-order valence-electron chi connectivity index (χ4n) is 1.68. The van der Waals surface area contributed by atoms with Gasteiger partial charge in [-0.15, -0.1) is 0 Å². The van der Waals surface area contributed by atoms with Gasteiger partial charge in [-0.25, -0.2) is 8.78 Å². The molecule has 0 bridgehead atoms. The molecule has 1 aromatic carbocycles. The molecule has 2 rings (SSSR count). The molecule has 90 valence electrons. The van der Waals surface area contributed by atoms with Crippen LogP contribution in [0.3, 0.4) is 0 Å². The molecule has 0 atom stereocenters. The molecule has 2 aromatic rings. The normalized spacial score (nSPS) is 11.1. The van der Waals surface area contributed by atoms with Gasteiger partial charge in [0.15, 0.2) is 0 Å². The zero-order chi connectivity index (χ0) is 12.4. The number of alkyl halides is 2. The maximum Gasteiger partial charge on any atom is 0.279 e. The molecule has 0 radical (unpaired) electrons. The number of hydrogen-bond donors (Lipinski definition) is 1. The largest absolute Gasteiger partial charge is 0.296 e. The number of H-pyrrole nitrogens is 1. The second-order valence-corrected chi connectivity index (χ2v) is 4.34. The third-order valence-electron chi connectivity index (χ3n) is 2.47. The van der Waals surface area contributed by atoms with Gasteiger partial charge in [-0.2, -0.15) is 0 Å². The first kappa shape index (κ1) is 12.0. The van der Waals surface area contributed by atoms with E-state index in [9.17, 15) is 8.78 Å². The van der Waals surface area contributed by atoms with Gasteiger partial charge in [-0.1, -0.05) is 42.0 Å². The third kappa shape index (κ3) is 2.79. The van der Waals surface area contributed by atoms with E-state index < -0.39 is 6.43 Å². The number of nitrogens with one attached hydrogen (secondary N) is 1. The molecule has 1 heterocycles. The van der Waals surface area contributed by atoms with Crippen molar-refractivity contribution >= 4 is 12.2 Å². The van der Waals surface area contributed by atoms with Gasteiger partial charge in [0.2, 0.25) is 0 Å². The average molecular weight is 254 g/mol. The molecule has 1 N–H and O–H groups in total. The molecule has 0 unspecified atom stereocenters.